The van der Waals surface area contributed by atoms with E-state index in [2.05, 4.69) is 10.1 Å². The number of ether oxygens (including phenoxy) is 2. The van der Waals surface area contributed by atoms with Gasteiger partial charge in [0, 0.05) is 28.7 Å². The monoisotopic (exact) mass is 450 g/mol. The van der Waals surface area contributed by atoms with Crippen LogP contribution in [0.5, 0.6) is 11.5 Å². The molecule has 0 saturated carbocycles. The first-order valence-corrected chi connectivity index (χ1v) is 10.2. The van der Waals surface area contributed by atoms with Crippen molar-refractivity contribution < 1.29 is 18.3 Å². The van der Waals surface area contributed by atoms with Crippen LogP contribution in [0, 0.1) is 19.8 Å². The number of halogens is 3. The van der Waals surface area contributed by atoms with Crippen molar-refractivity contribution in [3.63, 3.8) is 0 Å². The van der Waals surface area contributed by atoms with Gasteiger partial charge in [-0.05, 0) is 56.5 Å². The molecule has 0 saturated heterocycles. The number of hydrogen-bond acceptors (Lipinski definition) is 4. The molecule has 2 aromatic rings. The van der Waals surface area contributed by atoms with Gasteiger partial charge >= 0.3 is 6.61 Å². The number of nitrogens with one attached hydrogen (secondary N) is 1. The van der Waals surface area contributed by atoms with E-state index in [4.69, 9.17) is 16.3 Å². The Balaban J connectivity index is 2.01. The number of pyridine rings is 1. The summed E-state index contributed by atoms with van der Waals surface area (Å²) in [6.07, 6.45) is 8.36. The molecular formula is C23H25ClF2N2O3. The molecular weight excluding hydrogens is 426 g/mol. The Bertz CT molecular complexity index is 1080. The Kier molecular flexibility index (Phi) is 7.05. The lowest BCUT2D eigenvalue weighted by molar-refractivity contribution is -0.0503. The summed E-state index contributed by atoms with van der Waals surface area (Å²) in [6.45, 7) is 2.61. The smallest absolute Gasteiger partial charge is 0.387 e. The van der Waals surface area contributed by atoms with Gasteiger partial charge in [-0.3, -0.25) is 4.79 Å². The standard InChI is InChI=1S/C23H25ClF2N2O3/c1-13-9-20(31-23(25)26)14(2)8-18(13)27-22-11-19(29)21(30-4)12-28(22)15(3)16-6-5-7-17(24)10-16/h5,7-12,15-16,23,27H,6H2,1-4H3. The van der Waals surface area contributed by atoms with Gasteiger partial charge in [0.2, 0.25) is 5.43 Å². The predicted molar refractivity (Wildman–Crippen MR) is 119 cm³/mol. The first-order valence-electron chi connectivity index (χ1n) is 9.86. The number of allylic oxidation sites excluding steroid dienone is 4. The van der Waals surface area contributed by atoms with Crippen LogP contribution in [-0.4, -0.2) is 18.3 Å². The van der Waals surface area contributed by atoms with Crippen molar-refractivity contribution in [2.75, 3.05) is 12.4 Å². The number of rotatable bonds is 7. The van der Waals surface area contributed by atoms with E-state index in [9.17, 15) is 13.6 Å². The van der Waals surface area contributed by atoms with Crippen molar-refractivity contribution >= 4 is 23.1 Å². The van der Waals surface area contributed by atoms with Crippen molar-refractivity contribution in [1.29, 1.82) is 0 Å². The molecule has 0 aliphatic heterocycles. The zero-order valence-corrected chi connectivity index (χ0v) is 18.5. The molecule has 1 aliphatic rings. The summed E-state index contributed by atoms with van der Waals surface area (Å²) in [6, 6.07) is 4.70. The van der Waals surface area contributed by atoms with Crippen LogP contribution in [0.4, 0.5) is 20.3 Å². The van der Waals surface area contributed by atoms with Crippen LogP contribution in [0.15, 0.2) is 52.5 Å². The van der Waals surface area contributed by atoms with Crippen LogP contribution in [0.25, 0.3) is 0 Å². The number of aryl methyl sites for hydroxylation is 2. The number of benzene rings is 1. The summed E-state index contributed by atoms with van der Waals surface area (Å²) in [5, 5.41) is 3.95. The van der Waals surface area contributed by atoms with Gasteiger partial charge in [0.25, 0.3) is 0 Å². The summed E-state index contributed by atoms with van der Waals surface area (Å²) in [5.41, 5.74) is 1.67. The number of alkyl halides is 2. The summed E-state index contributed by atoms with van der Waals surface area (Å²) in [7, 11) is 1.45. The zero-order valence-electron chi connectivity index (χ0n) is 17.8. The molecule has 0 spiro atoms. The van der Waals surface area contributed by atoms with Gasteiger partial charge in [-0.25, -0.2) is 0 Å². The van der Waals surface area contributed by atoms with E-state index in [0.717, 1.165) is 6.42 Å². The normalized spacial score (nSPS) is 16.8. The molecule has 3 rings (SSSR count). The van der Waals surface area contributed by atoms with Crippen molar-refractivity contribution in [3.8, 4) is 11.5 Å². The van der Waals surface area contributed by atoms with Crippen molar-refractivity contribution in [2.24, 2.45) is 5.92 Å². The number of hydrogen-bond donors (Lipinski definition) is 1. The third kappa shape index (κ3) is 5.28. The number of methoxy groups -OCH3 is 1. The summed E-state index contributed by atoms with van der Waals surface area (Å²) in [4.78, 5) is 12.5. The Morgan fingerprint density at radius 1 is 1.19 bits per heavy atom. The quantitative estimate of drug-likeness (QED) is 0.555. The molecule has 1 aromatic carbocycles. The van der Waals surface area contributed by atoms with E-state index < -0.39 is 6.61 Å². The molecule has 0 fully saturated rings. The lowest BCUT2D eigenvalue weighted by Crippen LogP contribution is -2.21. The molecule has 1 aliphatic carbocycles. The number of anilines is 2. The summed E-state index contributed by atoms with van der Waals surface area (Å²) >= 11 is 6.19. The predicted octanol–water partition coefficient (Wildman–Crippen LogP) is 6.08. The maximum atomic E-state index is 12.6. The lowest BCUT2D eigenvalue weighted by Gasteiger charge is -2.28. The highest BCUT2D eigenvalue weighted by Crippen LogP contribution is 2.34. The van der Waals surface area contributed by atoms with E-state index >= 15 is 0 Å². The second kappa shape index (κ2) is 9.56. The second-order valence-corrected chi connectivity index (χ2v) is 7.97. The molecule has 2 atom stereocenters. The summed E-state index contributed by atoms with van der Waals surface area (Å²) in [5.74, 6) is 1.03. The van der Waals surface area contributed by atoms with Gasteiger partial charge in [0.05, 0.1) is 13.3 Å². The topological polar surface area (TPSA) is 52.5 Å². The van der Waals surface area contributed by atoms with Crippen molar-refractivity contribution in [1.82, 2.24) is 4.57 Å². The van der Waals surface area contributed by atoms with Crippen LogP contribution < -0.4 is 20.2 Å². The minimum absolute atomic E-state index is 0.0430. The highest BCUT2D eigenvalue weighted by molar-refractivity contribution is 6.31. The third-order valence-electron chi connectivity index (χ3n) is 5.38. The highest BCUT2D eigenvalue weighted by Gasteiger charge is 2.22. The first kappa shape index (κ1) is 22.9. The molecule has 0 bridgehead atoms. The molecule has 31 heavy (non-hydrogen) atoms. The van der Waals surface area contributed by atoms with E-state index in [1.54, 1.807) is 32.2 Å². The fourth-order valence-electron chi connectivity index (χ4n) is 3.61. The van der Waals surface area contributed by atoms with E-state index in [1.165, 1.54) is 13.2 Å². The fourth-order valence-corrected chi connectivity index (χ4v) is 3.86. The van der Waals surface area contributed by atoms with Crippen LogP contribution in [-0.2, 0) is 0 Å². The van der Waals surface area contributed by atoms with E-state index in [0.29, 0.717) is 27.7 Å². The molecule has 0 amide bonds. The van der Waals surface area contributed by atoms with Gasteiger partial charge in [0.15, 0.2) is 5.75 Å². The molecule has 1 aromatic heterocycles. The summed E-state index contributed by atoms with van der Waals surface area (Å²) < 4.78 is 37.0. The lowest BCUT2D eigenvalue weighted by atomic mass is 9.93. The van der Waals surface area contributed by atoms with Crippen LogP contribution in [0.1, 0.15) is 30.5 Å². The van der Waals surface area contributed by atoms with Crippen LogP contribution >= 0.6 is 11.6 Å². The SMILES string of the molecule is COc1cn(C(C)C2C=C(Cl)C=CC2)c(Nc2cc(C)c(OC(F)F)cc2C)cc1=O. The molecule has 1 N–H and O–H groups in total. The Hall–Kier alpha value is -2.80. The Morgan fingerprint density at radius 2 is 1.94 bits per heavy atom. The Labute approximate surface area is 184 Å². The van der Waals surface area contributed by atoms with Gasteiger partial charge < -0.3 is 19.4 Å². The molecule has 0 radical (unpaired) electrons. The minimum atomic E-state index is -2.89. The second-order valence-electron chi connectivity index (χ2n) is 7.53. The first-order chi connectivity index (χ1) is 14.7. The van der Waals surface area contributed by atoms with Gasteiger partial charge in [-0.15, -0.1) is 0 Å². The highest BCUT2D eigenvalue weighted by atomic mass is 35.5. The van der Waals surface area contributed by atoms with Crippen LogP contribution in [0.2, 0.25) is 0 Å². The number of aromatic nitrogens is 1. The van der Waals surface area contributed by atoms with Gasteiger partial charge in [-0.1, -0.05) is 23.8 Å². The fraction of sp³-hybridized carbons (Fsp3) is 0.348. The molecule has 8 heteroatoms. The van der Waals surface area contributed by atoms with Crippen molar-refractivity contribution in [2.45, 2.75) is 39.8 Å². The van der Waals surface area contributed by atoms with Gasteiger partial charge in [-0.2, -0.15) is 8.78 Å². The van der Waals surface area contributed by atoms with Crippen LogP contribution in [0.3, 0.4) is 0 Å². The maximum absolute atomic E-state index is 12.6. The van der Waals surface area contributed by atoms with Gasteiger partial charge in [0.1, 0.15) is 11.6 Å². The zero-order chi connectivity index (χ0) is 22.7. The minimum Gasteiger partial charge on any atom is -0.491 e. The maximum Gasteiger partial charge on any atom is 0.387 e. The van der Waals surface area contributed by atoms with E-state index in [-0.39, 0.29) is 28.9 Å². The number of nitrogens with zero attached hydrogens (tertiary/aromatic N) is 1. The Morgan fingerprint density at radius 3 is 2.58 bits per heavy atom. The van der Waals surface area contributed by atoms with E-state index in [1.807, 2.05) is 29.7 Å². The molecule has 2 unspecified atom stereocenters. The molecule has 166 valence electrons. The average molecular weight is 451 g/mol. The molecule has 5 nitrogen and oxygen atoms in total. The van der Waals surface area contributed by atoms with Crippen molar-refractivity contribution in [3.05, 3.63) is 69.0 Å². The molecule has 1 heterocycles. The third-order valence-corrected chi connectivity index (χ3v) is 5.63. The largest absolute Gasteiger partial charge is 0.491 e. The average Bonchev–Trinajstić information content (AvgIpc) is 2.71.